The Morgan fingerprint density at radius 1 is 1.38 bits per heavy atom. The van der Waals surface area contributed by atoms with Gasteiger partial charge in [0.2, 0.25) is 5.95 Å². The van der Waals surface area contributed by atoms with E-state index in [0.717, 1.165) is 11.3 Å². The van der Waals surface area contributed by atoms with E-state index in [1.54, 1.807) is 17.9 Å². The predicted octanol–water partition coefficient (Wildman–Crippen LogP) is 1.88. The summed E-state index contributed by atoms with van der Waals surface area (Å²) in [7, 11) is 1.62. The molecule has 21 heavy (non-hydrogen) atoms. The third-order valence-electron chi connectivity index (χ3n) is 2.81. The van der Waals surface area contributed by atoms with Crippen LogP contribution in [0.5, 0.6) is 11.5 Å². The van der Waals surface area contributed by atoms with Gasteiger partial charge in [0.05, 0.1) is 20.3 Å². The Morgan fingerprint density at radius 3 is 2.95 bits per heavy atom. The molecule has 0 aliphatic heterocycles. The molecule has 2 aromatic rings. The van der Waals surface area contributed by atoms with Gasteiger partial charge in [-0.25, -0.2) is 4.68 Å². The first-order valence-electron chi connectivity index (χ1n) is 6.69. The molecule has 2 rings (SSSR count). The summed E-state index contributed by atoms with van der Waals surface area (Å²) >= 11 is 0. The van der Waals surface area contributed by atoms with Gasteiger partial charge in [0, 0.05) is 6.54 Å². The molecule has 7 heteroatoms. The molecule has 0 radical (unpaired) electrons. The van der Waals surface area contributed by atoms with Gasteiger partial charge in [-0.2, -0.15) is 0 Å². The second-order valence-corrected chi connectivity index (χ2v) is 4.25. The van der Waals surface area contributed by atoms with Crippen molar-refractivity contribution < 1.29 is 9.47 Å². The van der Waals surface area contributed by atoms with Gasteiger partial charge in [-0.15, -0.1) is 6.58 Å². The summed E-state index contributed by atoms with van der Waals surface area (Å²) in [5.41, 5.74) is 1.04. The first-order valence-corrected chi connectivity index (χ1v) is 6.69. The Hall–Kier alpha value is -2.57. The molecule has 7 nitrogen and oxygen atoms in total. The van der Waals surface area contributed by atoms with Gasteiger partial charge in [-0.3, -0.25) is 0 Å². The molecule has 0 atom stereocenters. The Balaban J connectivity index is 2.05. The van der Waals surface area contributed by atoms with Crippen LogP contribution in [0.25, 0.3) is 0 Å². The molecule has 0 bridgehead atoms. The van der Waals surface area contributed by atoms with Gasteiger partial charge in [0.1, 0.15) is 0 Å². The third-order valence-corrected chi connectivity index (χ3v) is 2.81. The molecule has 0 aliphatic rings. The SMILES string of the molecule is C=CCn1nnnc1NCc1ccc(OCC)c(OC)c1. The van der Waals surface area contributed by atoms with Gasteiger partial charge < -0.3 is 14.8 Å². The lowest BCUT2D eigenvalue weighted by atomic mass is 10.2. The van der Waals surface area contributed by atoms with Gasteiger partial charge >= 0.3 is 0 Å². The highest BCUT2D eigenvalue weighted by Gasteiger charge is 2.07. The summed E-state index contributed by atoms with van der Waals surface area (Å²) in [6.45, 7) is 7.35. The number of methoxy groups -OCH3 is 1. The largest absolute Gasteiger partial charge is 0.493 e. The number of nitrogens with zero attached hydrogens (tertiary/aromatic N) is 4. The molecule has 1 aromatic heterocycles. The molecule has 0 unspecified atom stereocenters. The first-order chi connectivity index (χ1) is 10.3. The summed E-state index contributed by atoms with van der Waals surface area (Å²) in [4.78, 5) is 0. The maximum absolute atomic E-state index is 5.49. The standard InChI is InChI=1S/C14H19N5O2/c1-4-8-19-14(16-17-18-19)15-10-11-6-7-12(21-5-2)13(9-11)20-3/h4,6-7,9H,1,5,8,10H2,2-3H3,(H,15,16,18). The van der Waals surface area contributed by atoms with Crippen molar-refractivity contribution >= 4 is 5.95 Å². The third kappa shape index (κ3) is 3.71. The Morgan fingerprint density at radius 2 is 2.24 bits per heavy atom. The summed E-state index contributed by atoms with van der Waals surface area (Å²) < 4.78 is 12.5. The quantitative estimate of drug-likeness (QED) is 0.748. The summed E-state index contributed by atoms with van der Waals surface area (Å²) in [6, 6.07) is 5.80. The Bertz CT molecular complexity index is 597. The molecule has 0 amide bonds. The van der Waals surface area contributed by atoms with Crippen molar-refractivity contribution in [3.63, 3.8) is 0 Å². The van der Waals surface area contributed by atoms with Gasteiger partial charge in [0.25, 0.3) is 0 Å². The monoisotopic (exact) mass is 289 g/mol. The lowest BCUT2D eigenvalue weighted by Crippen LogP contribution is -2.08. The molecule has 1 heterocycles. The Labute approximate surface area is 123 Å². The lowest BCUT2D eigenvalue weighted by Gasteiger charge is -2.11. The van der Waals surface area contributed by atoms with E-state index >= 15 is 0 Å². The second-order valence-electron chi connectivity index (χ2n) is 4.25. The molecular weight excluding hydrogens is 270 g/mol. The van der Waals surface area contributed by atoms with Crippen molar-refractivity contribution in [2.75, 3.05) is 19.0 Å². The number of nitrogens with one attached hydrogen (secondary N) is 1. The number of hydrogen-bond donors (Lipinski definition) is 1. The summed E-state index contributed by atoms with van der Waals surface area (Å²) in [5, 5.41) is 14.6. The normalized spacial score (nSPS) is 10.2. The molecule has 1 aromatic carbocycles. The van der Waals surface area contributed by atoms with Crippen molar-refractivity contribution in [1.82, 2.24) is 20.2 Å². The first kappa shape index (κ1) is 14.8. The van der Waals surface area contributed by atoms with Crippen molar-refractivity contribution in [2.45, 2.75) is 20.0 Å². The van der Waals surface area contributed by atoms with Gasteiger partial charge in [0.15, 0.2) is 11.5 Å². The number of hydrogen-bond acceptors (Lipinski definition) is 6. The van der Waals surface area contributed by atoms with E-state index in [9.17, 15) is 0 Å². The van der Waals surface area contributed by atoms with E-state index in [1.165, 1.54) is 0 Å². The molecule has 0 saturated heterocycles. The number of aromatic nitrogens is 4. The minimum absolute atomic E-state index is 0.557. The second kappa shape index (κ2) is 7.28. The molecule has 0 spiro atoms. The van der Waals surface area contributed by atoms with E-state index in [1.807, 2.05) is 25.1 Å². The van der Waals surface area contributed by atoms with Crippen LogP contribution in [0.3, 0.4) is 0 Å². The van der Waals surface area contributed by atoms with Crippen LogP contribution in [-0.2, 0) is 13.1 Å². The van der Waals surface area contributed by atoms with Gasteiger partial charge in [-0.1, -0.05) is 17.2 Å². The van der Waals surface area contributed by atoms with Crippen LogP contribution in [0.4, 0.5) is 5.95 Å². The number of benzene rings is 1. The predicted molar refractivity (Wildman–Crippen MR) is 79.5 cm³/mol. The highest BCUT2D eigenvalue weighted by Crippen LogP contribution is 2.28. The number of rotatable bonds is 8. The van der Waals surface area contributed by atoms with E-state index in [4.69, 9.17) is 9.47 Å². The van der Waals surface area contributed by atoms with Crippen LogP contribution in [0.15, 0.2) is 30.9 Å². The molecule has 0 saturated carbocycles. The summed E-state index contributed by atoms with van der Waals surface area (Å²) in [6.07, 6.45) is 1.74. The molecule has 0 aliphatic carbocycles. The summed E-state index contributed by atoms with van der Waals surface area (Å²) in [5.74, 6) is 2.05. The van der Waals surface area contributed by atoms with Crippen LogP contribution in [-0.4, -0.2) is 33.9 Å². The number of allylic oxidation sites excluding steroid dienone is 1. The van der Waals surface area contributed by atoms with E-state index in [2.05, 4.69) is 27.4 Å². The van der Waals surface area contributed by atoms with Gasteiger partial charge in [-0.05, 0) is 35.0 Å². The topological polar surface area (TPSA) is 74.1 Å². The minimum atomic E-state index is 0.557. The molecular formula is C14H19N5O2. The van der Waals surface area contributed by atoms with Crippen molar-refractivity contribution in [1.29, 1.82) is 0 Å². The van der Waals surface area contributed by atoms with Crippen molar-refractivity contribution in [3.8, 4) is 11.5 Å². The van der Waals surface area contributed by atoms with Crippen LogP contribution in [0.1, 0.15) is 12.5 Å². The van der Waals surface area contributed by atoms with Crippen LogP contribution >= 0.6 is 0 Å². The maximum atomic E-state index is 5.49. The molecule has 0 fully saturated rings. The van der Waals surface area contributed by atoms with Crippen molar-refractivity contribution in [2.24, 2.45) is 0 Å². The maximum Gasteiger partial charge on any atom is 0.243 e. The number of tetrazole rings is 1. The van der Waals surface area contributed by atoms with Crippen molar-refractivity contribution in [3.05, 3.63) is 36.4 Å². The van der Waals surface area contributed by atoms with E-state index in [0.29, 0.717) is 31.4 Å². The van der Waals surface area contributed by atoms with E-state index in [-0.39, 0.29) is 0 Å². The number of anilines is 1. The average Bonchev–Trinajstić information content (AvgIpc) is 2.94. The fraction of sp³-hybridized carbons (Fsp3) is 0.357. The van der Waals surface area contributed by atoms with Crippen LogP contribution < -0.4 is 14.8 Å². The zero-order chi connectivity index (χ0) is 15.1. The highest BCUT2D eigenvalue weighted by molar-refractivity contribution is 5.43. The molecule has 112 valence electrons. The zero-order valence-electron chi connectivity index (χ0n) is 12.2. The molecule has 1 N–H and O–H groups in total. The van der Waals surface area contributed by atoms with Crippen LogP contribution in [0.2, 0.25) is 0 Å². The highest BCUT2D eigenvalue weighted by atomic mass is 16.5. The number of ether oxygens (including phenoxy) is 2. The fourth-order valence-electron chi connectivity index (χ4n) is 1.85. The zero-order valence-corrected chi connectivity index (χ0v) is 12.2. The average molecular weight is 289 g/mol. The smallest absolute Gasteiger partial charge is 0.243 e. The Kier molecular flexibility index (Phi) is 5.14. The fourth-order valence-corrected chi connectivity index (χ4v) is 1.85. The van der Waals surface area contributed by atoms with Crippen LogP contribution in [0, 0.1) is 0 Å². The van der Waals surface area contributed by atoms with E-state index < -0.39 is 0 Å². The minimum Gasteiger partial charge on any atom is -0.493 e. The lowest BCUT2D eigenvalue weighted by molar-refractivity contribution is 0.310.